The highest BCUT2D eigenvalue weighted by Crippen LogP contribution is 2.31. The Bertz CT molecular complexity index is 916. The highest BCUT2D eigenvalue weighted by Gasteiger charge is 2.29. The van der Waals surface area contributed by atoms with Crippen molar-refractivity contribution in [2.45, 2.75) is 18.9 Å². The van der Waals surface area contributed by atoms with Crippen LogP contribution in [0.2, 0.25) is 0 Å². The number of ether oxygens (including phenoxy) is 1. The number of hydrogen-bond acceptors (Lipinski definition) is 5. The second kappa shape index (κ2) is 6.53. The minimum atomic E-state index is -0.387. The number of carbonyl (C=O) groups excluding carboxylic acids is 1. The molecule has 6 nitrogen and oxygen atoms in total. The first-order chi connectivity index (χ1) is 12.1. The summed E-state index contributed by atoms with van der Waals surface area (Å²) in [6.45, 7) is 1.08. The van der Waals surface area contributed by atoms with E-state index >= 15 is 0 Å². The Hall–Kier alpha value is -2.32. The van der Waals surface area contributed by atoms with Gasteiger partial charge in [0.15, 0.2) is 11.0 Å². The minimum absolute atomic E-state index is 0.0407. The van der Waals surface area contributed by atoms with E-state index < -0.39 is 0 Å². The molecular weight excluding hydrogens is 343 g/mol. The van der Waals surface area contributed by atoms with E-state index in [4.69, 9.17) is 4.74 Å². The summed E-state index contributed by atoms with van der Waals surface area (Å²) in [5, 5.41) is 0.462. The first-order valence-electron chi connectivity index (χ1n) is 8.09. The predicted molar refractivity (Wildman–Crippen MR) is 93.4 cm³/mol. The van der Waals surface area contributed by atoms with E-state index in [1.165, 1.54) is 17.4 Å². The second-order valence-electron chi connectivity index (χ2n) is 6.00. The Morgan fingerprint density at radius 1 is 1.52 bits per heavy atom. The SMILES string of the molecule is Cn1ccnc1C(=O)N(CC1CCCO1)c1nc2c(F)cccc2s1. The molecule has 0 aliphatic carbocycles. The van der Waals surface area contributed by atoms with Crippen molar-refractivity contribution in [1.29, 1.82) is 0 Å². The number of aryl methyl sites for hydroxylation is 1. The molecule has 3 aromatic rings. The third-order valence-corrected chi connectivity index (χ3v) is 5.30. The number of imidazole rings is 1. The van der Waals surface area contributed by atoms with Gasteiger partial charge in [0, 0.05) is 26.0 Å². The summed E-state index contributed by atoms with van der Waals surface area (Å²) in [4.78, 5) is 23.1. The average Bonchev–Trinajstić information content (AvgIpc) is 3.32. The van der Waals surface area contributed by atoms with Crippen LogP contribution in [0, 0.1) is 5.82 Å². The highest BCUT2D eigenvalue weighted by atomic mass is 32.1. The van der Waals surface area contributed by atoms with E-state index in [1.54, 1.807) is 41.0 Å². The summed E-state index contributed by atoms with van der Waals surface area (Å²) in [6, 6.07) is 4.82. The van der Waals surface area contributed by atoms with Gasteiger partial charge in [0.25, 0.3) is 5.91 Å². The molecule has 1 unspecified atom stereocenters. The normalized spacial score (nSPS) is 17.3. The van der Waals surface area contributed by atoms with E-state index in [2.05, 4.69) is 9.97 Å². The maximum absolute atomic E-state index is 14.0. The lowest BCUT2D eigenvalue weighted by Crippen LogP contribution is -2.38. The highest BCUT2D eigenvalue weighted by molar-refractivity contribution is 7.22. The molecule has 0 bridgehead atoms. The Morgan fingerprint density at radius 3 is 3.08 bits per heavy atom. The fraction of sp³-hybridized carbons (Fsp3) is 0.353. The number of benzene rings is 1. The largest absolute Gasteiger partial charge is 0.376 e. The summed E-state index contributed by atoms with van der Waals surface area (Å²) >= 11 is 1.30. The van der Waals surface area contributed by atoms with Crippen molar-refractivity contribution in [3.63, 3.8) is 0 Å². The first kappa shape index (κ1) is 16.2. The van der Waals surface area contributed by atoms with Gasteiger partial charge in [-0.1, -0.05) is 17.4 Å². The Labute approximate surface area is 147 Å². The molecule has 1 aromatic carbocycles. The molecular formula is C17H17FN4O2S. The number of amides is 1. The molecule has 4 rings (SSSR count). The van der Waals surface area contributed by atoms with Gasteiger partial charge < -0.3 is 9.30 Å². The monoisotopic (exact) mass is 360 g/mol. The molecule has 8 heteroatoms. The molecule has 130 valence electrons. The molecule has 0 N–H and O–H groups in total. The molecule has 0 spiro atoms. The number of anilines is 1. The fourth-order valence-electron chi connectivity index (χ4n) is 2.95. The average molecular weight is 360 g/mol. The zero-order valence-electron chi connectivity index (χ0n) is 13.7. The predicted octanol–water partition coefficient (Wildman–Crippen LogP) is 2.99. The van der Waals surface area contributed by atoms with Crippen LogP contribution in [0.1, 0.15) is 23.5 Å². The standard InChI is InChI=1S/C17H17FN4O2S/c1-21-8-7-19-15(21)16(23)22(10-11-4-3-9-24-11)17-20-14-12(18)5-2-6-13(14)25-17/h2,5-8,11H,3-4,9-10H2,1H3. The van der Waals surface area contributed by atoms with Gasteiger partial charge in [-0.3, -0.25) is 9.69 Å². The van der Waals surface area contributed by atoms with E-state index in [9.17, 15) is 9.18 Å². The van der Waals surface area contributed by atoms with Crippen molar-refractivity contribution in [3.8, 4) is 0 Å². The minimum Gasteiger partial charge on any atom is -0.376 e. The number of nitrogens with zero attached hydrogens (tertiary/aromatic N) is 4. The van der Waals surface area contributed by atoms with Crippen LogP contribution >= 0.6 is 11.3 Å². The lowest BCUT2D eigenvalue weighted by atomic mass is 10.2. The zero-order valence-corrected chi connectivity index (χ0v) is 14.5. The Balaban J connectivity index is 1.74. The summed E-state index contributed by atoms with van der Waals surface area (Å²) in [7, 11) is 1.77. The molecule has 1 amide bonds. The van der Waals surface area contributed by atoms with Gasteiger partial charge in [-0.05, 0) is 25.0 Å². The third kappa shape index (κ3) is 3.03. The van der Waals surface area contributed by atoms with Gasteiger partial charge in [-0.2, -0.15) is 0 Å². The van der Waals surface area contributed by atoms with Crippen LogP contribution in [0.5, 0.6) is 0 Å². The van der Waals surface area contributed by atoms with Gasteiger partial charge in [-0.15, -0.1) is 0 Å². The van der Waals surface area contributed by atoms with Crippen LogP contribution < -0.4 is 4.90 Å². The molecule has 3 heterocycles. The van der Waals surface area contributed by atoms with E-state index in [1.807, 2.05) is 0 Å². The number of thiazole rings is 1. The van der Waals surface area contributed by atoms with Crippen molar-refractivity contribution in [1.82, 2.24) is 14.5 Å². The first-order valence-corrected chi connectivity index (χ1v) is 8.91. The number of halogens is 1. The van der Waals surface area contributed by atoms with Gasteiger partial charge in [0.05, 0.1) is 17.3 Å². The smallest absolute Gasteiger partial charge is 0.296 e. The molecule has 1 aliphatic rings. The molecule has 0 radical (unpaired) electrons. The van der Waals surface area contributed by atoms with Gasteiger partial charge >= 0.3 is 0 Å². The van der Waals surface area contributed by atoms with E-state index in [-0.39, 0.29) is 23.3 Å². The lowest BCUT2D eigenvalue weighted by molar-refractivity contribution is 0.0906. The van der Waals surface area contributed by atoms with Gasteiger partial charge in [0.1, 0.15) is 11.3 Å². The zero-order chi connectivity index (χ0) is 17.4. The molecule has 2 aromatic heterocycles. The number of fused-ring (bicyclic) bond motifs is 1. The summed E-state index contributed by atoms with van der Waals surface area (Å²) in [5.74, 6) is -0.332. The number of hydrogen-bond donors (Lipinski definition) is 0. The maximum Gasteiger partial charge on any atom is 0.296 e. The van der Waals surface area contributed by atoms with Crippen LogP contribution in [0.15, 0.2) is 30.6 Å². The number of aromatic nitrogens is 3. The Morgan fingerprint density at radius 2 is 2.40 bits per heavy atom. The van der Waals surface area contributed by atoms with Gasteiger partial charge in [-0.25, -0.2) is 14.4 Å². The van der Waals surface area contributed by atoms with Crippen molar-refractivity contribution in [2.75, 3.05) is 18.1 Å². The topological polar surface area (TPSA) is 60.2 Å². The fourth-order valence-corrected chi connectivity index (χ4v) is 3.94. The summed E-state index contributed by atoms with van der Waals surface area (Å²) in [6.07, 6.45) is 5.12. The van der Waals surface area contributed by atoms with Crippen molar-refractivity contribution in [2.24, 2.45) is 7.05 Å². The Kier molecular flexibility index (Phi) is 4.22. The van der Waals surface area contributed by atoms with Gasteiger partial charge in [0.2, 0.25) is 0 Å². The number of para-hydroxylation sites is 1. The third-order valence-electron chi connectivity index (χ3n) is 4.26. The molecule has 25 heavy (non-hydrogen) atoms. The quantitative estimate of drug-likeness (QED) is 0.718. The molecule has 1 saturated heterocycles. The molecule has 1 atom stereocenters. The van der Waals surface area contributed by atoms with E-state index in [0.29, 0.717) is 28.8 Å². The molecule has 1 fully saturated rings. The number of carbonyl (C=O) groups is 1. The van der Waals surface area contributed by atoms with Crippen molar-refractivity contribution < 1.29 is 13.9 Å². The maximum atomic E-state index is 14.0. The van der Waals surface area contributed by atoms with Crippen LogP contribution in [0.4, 0.5) is 9.52 Å². The van der Waals surface area contributed by atoms with Crippen LogP contribution in [0.25, 0.3) is 10.2 Å². The van der Waals surface area contributed by atoms with Crippen LogP contribution in [0.3, 0.4) is 0 Å². The number of rotatable bonds is 4. The van der Waals surface area contributed by atoms with Crippen LogP contribution in [-0.2, 0) is 11.8 Å². The lowest BCUT2D eigenvalue weighted by Gasteiger charge is -2.22. The van der Waals surface area contributed by atoms with E-state index in [0.717, 1.165) is 12.8 Å². The second-order valence-corrected chi connectivity index (χ2v) is 7.00. The van der Waals surface area contributed by atoms with Crippen molar-refractivity contribution >= 4 is 32.6 Å². The van der Waals surface area contributed by atoms with Crippen molar-refractivity contribution in [3.05, 3.63) is 42.2 Å². The molecule has 0 saturated carbocycles. The summed E-state index contributed by atoms with van der Waals surface area (Å²) in [5.41, 5.74) is 0.285. The summed E-state index contributed by atoms with van der Waals surface area (Å²) < 4.78 is 22.1. The van der Waals surface area contributed by atoms with Crippen LogP contribution in [-0.4, -0.2) is 39.7 Å². The molecule has 1 aliphatic heterocycles.